The van der Waals surface area contributed by atoms with Crippen LogP contribution in [0.3, 0.4) is 0 Å². The van der Waals surface area contributed by atoms with Crippen LogP contribution >= 0.6 is 11.8 Å². The van der Waals surface area contributed by atoms with Gasteiger partial charge in [-0.1, -0.05) is 64.2 Å². The van der Waals surface area contributed by atoms with Gasteiger partial charge in [0.25, 0.3) is 0 Å². The molecule has 0 bridgehead atoms. The average Bonchev–Trinajstić information content (AvgIpc) is 3.75. The molecular formula is C47H79N3S. The second-order valence-corrected chi connectivity index (χ2v) is 22.3. The summed E-state index contributed by atoms with van der Waals surface area (Å²) in [5.74, 6) is 8.35. The quantitative estimate of drug-likeness (QED) is 0.295. The van der Waals surface area contributed by atoms with Crippen LogP contribution in [0.1, 0.15) is 193 Å². The summed E-state index contributed by atoms with van der Waals surface area (Å²) in [5.41, 5.74) is 0. The van der Waals surface area contributed by atoms with E-state index in [4.69, 9.17) is 0 Å². The van der Waals surface area contributed by atoms with Crippen molar-refractivity contribution in [3.8, 4) is 0 Å². The zero-order valence-corrected chi connectivity index (χ0v) is 33.8. The van der Waals surface area contributed by atoms with E-state index in [1.165, 1.54) is 116 Å². The van der Waals surface area contributed by atoms with Crippen molar-refractivity contribution in [1.82, 2.24) is 15.1 Å². The summed E-state index contributed by atoms with van der Waals surface area (Å²) in [6, 6.07) is 5.59. The molecule has 0 spiro atoms. The average molecular weight is 718 g/mol. The second kappa shape index (κ2) is 16.0. The molecule has 7 aliphatic carbocycles. The number of piperidine rings is 1. The fraction of sp³-hybridized carbons (Fsp3) is 1.00. The maximum Gasteiger partial charge on any atom is 0.0569 e. The van der Waals surface area contributed by atoms with Crippen molar-refractivity contribution in [2.24, 2.45) is 47.3 Å². The Kier molecular flexibility index (Phi) is 11.2. The summed E-state index contributed by atoms with van der Waals surface area (Å²) >= 11 is 2.39. The van der Waals surface area contributed by atoms with Crippen LogP contribution < -0.4 is 5.32 Å². The topological polar surface area (TPSA) is 18.5 Å². The molecule has 0 radical (unpaired) electrons. The maximum atomic E-state index is 4.02. The highest BCUT2D eigenvalue weighted by atomic mass is 32.2. The van der Waals surface area contributed by atoms with Gasteiger partial charge >= 0.3 is 0 Å². The van der Waals surface area contributed by atoms with E-state index in [1.54, 1.807) is 83.5 Å². The smallest absolute Gasteiger partial charge is 0.0569 e. The maximum absolute atomic E-state index is 4.02. The Hall–Kier alpha value is 0.230. The SMILES string of the molecule is C1CCC(N(C2CCCCC2)C2CCC3C(C2)C2CCCCC2N3C2CCC(C3CCC(C4CCNC5SC6CCCCC6C54)CC3)CC2)CC1. The molecule has 3 nitrogen and oxygen atoms in total. The van der Waals surface area contributed by atoms with Gasteiger partial charge in [0.05, 0.1) is 5.37 Å². The van der Waals surface area contributed by atoms with Crippen molar-refractivity contribution in [3.05, 3.63) is 0 Å². The van der Waals surface area contributed by atoms with Gasteiger partial charge in [-0.15, -0.1) is 11.8 Å². The normalized spacial score (nSPS) is 48.9. The number of fused-ring (bicyclic) bond motifs is 6. The van der Waals surface area contributed by atoms with Crippen LogP contribution in [0.15, 0.2) is 0 Å². The molecule has 0 aromatic heterocycles. The Balaban J connectivity index is 0.763. The number of rotatable bonds is 6. The van der Waals surface area contributed by atoms with Crippen molar-refractivity contribution in [2.75, 3.05) is 6.54 Å². The molecule has 288 valence electrons. The van der Waals surface area contributed by atoms with Gasteiger partial charge in [0, 0.05) is 41.5 Å². The molecule has 0 aromatic rings. The molecule has 0 aromatic carbocycles. The van der Waals surface area contributed by atoms with E-state index in [-0.39, 0.29) is 0 Å². The van der Waals surface area contributed by atoms with E-state index in [1.807, 2.05) is 0 Å². The van der Waals surface area contributed by atoms with Crippen LogP contribution in [-0.2, 0) is 0 Å². The molecule has 3 saturated heterocycles. The van der Waals surface area contributed by atoms with E-state index in [0.717, 1.165) is 94.2 Å². The van der Waals surface area contributed by atoms with Crippen molar-refractivity contribution in [2.45, 2.75) is 239 Å². The summed E-state index contributed by atoms with van der Waals surface area (Å²) in [7, 11) is 0. The molecule has 7 saturated carbocycles. The van der Waals surface area contributed by atoms with Crippen LogP contribution in [0.2, 0.25) is 0 Å². The molecule has 3 aliphatic heterocycles. The van der Waals surface area contributed by atoms with E-state index in [9.17, 15) is 0 Å². The van der Waals surface area contributed by atoms with Gasteiger partial charge in [-0.05, 0) is 182 Å². The summed E-state index contributed by atoms with van der Waals surface area (Å²) in [5, 5.41) is 5.82. The number of thioether (sulfide) groups is 1. The minimum Gasteiger partial charge on any atom is -0.305 e. The number of likely N-dealkylation sites (tertiary alicyclic amines) is 1. The number of hydrogen-bond donors (Lipinski definition) is 1. The van der Waals surface area contributed by atoms with Crippen molar-refractivity contribution < 1.29 is 0 Å². The van der Waals surface area contributed by atoms with Crippen molar-refractivity contribution >= 4 is 11.8 Å². The lowest BCUT2D eigenvalue weighted by Crippen LogP contribution is -2.55. The van der Waals surface area contributed by atoms with Gasteiger partial charge in [-0.3, -0.25) is 9.80 Å². The van der Waals surface area contributed by atoms with Gasteiger partial charge in [0.2, 0.25) is 0 Å². The summed E-state index contributed by atoms with van der Waals surface area (Å²) < 4.78 is 0. The molecule has 10 fully saturated rings. The van der Waals surface area contributed by atoms with E-state index >= 15 is 0 Å². The lowest BCUT2D eigenvalue weighted by atomic mass is 9.62. The largest absolute Gasteiger partial charge is 0.305 e. The summed E-state index contributed by atoms with van der Waals surface area (Å²) in [4.78, 5) is 6.60. The van der Waals surface area contributed by atoms with E-state index in [2.05, 4.69) is 26.9 Å². The molecule has 1 N–H and O–H groups in total. The zero-order chi connectivity index (χ0) is 33.7. The molecule has 3 heterocycles. The van der Waals surface area contributed by atoms with E-state index in [0.29, 0.717) is 0 Å². The predicted molar refractivity (Wildman–Crippen MR) is 216 cm³/mol. The fourth-order valence-electron chi connectivity index (χ4n) is 16.7. The monoisotopic (exact) mass is 718 g/mol. The molecule has 10 aliphatic rings. The number of nitrogens with one attached hydrogen (secondary N) is 1. The first-order chi connectivity index (χ1) is 25.3. The predicted octanol–water partition coefficient (Wildman–Crippen LogP) is 11.6. The van der Waals surface area contributed by atoms with Gasteiger partial charge in [0.1, 0.15) is 0 Å². The molecule has 10 unspecified atom stereocenters. The highest BCUT2D eigenvalue weighted by Gasteiger charge is 2.55. The van der Waals surface area contributed by atoms with Crippen LogP contribution in [-0.4, -0.2) is 63.2 Å². The van der Waals surface area contributed by atoms with Crippen molar-refractivity contribution in [3.63, 3.8) is 0 Å². The summed E-state index contributed by atoms with van der Waals surface area (Å²) in [6.07, 6.45) is 46.1. The van der Waals surface area contributed by atoms with Gasteiger partial charge in [-0.2, -0.15) is 0 Å². The van der Waals surface area contributed by atoms with Gasteiger partial charge < -0.3 is 5.32 Å². The third-order valence-electron chi connectivity index (χ3n) is 18.8. The minimum absolute atomic E-state index is 0.807. The first-order valence-electron chi connectivity index (χ1n) is 24.2. The molecule has 10 rings (SSSR count). The van der Waals surface area contributed by atoms with Crippen LogP contribution in [0, 0.1) is 47.3 Å². The zero-order valence-electron chi connectivity index (χ0n) is 33.0. The first kappa shape index (κ1) is 35.6. The molecular weight excluding hydrogens is 639 g/mol. The standard InChI is InChI=1S/C47H79N3S/c1-3-11-35(12-4-1)49(36-13-5-2-6-14-36)38-27-28-44-42(31-38)40-15-7-9-17-43(40)50(44)37-25-23-33(24-26-37)32-19-21-34(22-20-32)39-29-30-48-47-46(39)41-16-8-10-18-45(41)51-47/h32-48H,1-31H2. The third-order valence-corrected chi connectivity index (χ3v) is 20.5. The van der Waals surface area contributed by atoms with Gasteiger partial charge in [0.15, 0.2) is 0 Å². The van der Waals surface area contributed by atoms with Crippen molar-refractivity contribution in [1.29, 1.82) is 0 Å². The Morgan fingerprint density at radius 1 is 0.431 bits per heavy atom. The Bertz CT molecular complexity index is 1100. The molecule has 4 heteroatoms. The lowest BCUT2D eigenvalue weighted by molar-refractivity contribution is -0.00880. The highest BCUT2D eigenvalue weighted by Crippen LogP contribution is 2.57. The molecule has 51 heavy (non-hydrogen) atoms. The molecule has 10 atom stereocenters. The number of nitrogens with zero attached hydrogens (tertiary/aromatic N) is 2. The Morgan fingerprint density at radius 3 is 1.75 bits per heavy atom. The van der Waals surface area contributed by atoms with Gasteiger partial charge in [-0.25, -0.2) is 0 Å². The minimum atomic E-state index is 0.807. The van der Waals surface area contributed by atoms with E-state index < -0.39 is 0 Å². The Morgan fingerprint density at radius 2 is 1.02 bits per heavy atom. The lowest BCUT2D eigenvalue weighted by Gasteiger charge is -2.50. The third kappa shape index (κ3) is 7.00. The molecule has 0 amide bonds. The van der Waals surface area contributed by atoms with Crippen LogP contribution in [0.25, 0.3) is 0 Å². The highest BCUT2D eigenvalue weighted by molar-refractivity contribution is 8.00. The first-order valence-corrected chi connectivity index (χ1v) is 25.2. The summed E-state index contributed by atoms with van der Waals surface area (Å²) in [6.45, 7) is 1.31. The number of hydrogen-bond acceptors (Lipinski definition) is 4. The van der Waals surface area contributed by atoms with Crippen LogP contribution in [0.5, 0.6) is 0 Å². The second-order valence-electron chi connectivity index (χ2n) is 21.0. The fourth-order valence-corrected chi connectivity index (χ4v) is 18.7. The Labute approximate surface area is 319 Å². The van der Waals surface area contributed by atoms with Crippen LogP contribution in [0.4, 0.5) is 0 Å².